The third-order valence-electron chi connectivity index (χ3n) is 2.67. The standard InChI is InChI=1S/C12H10N2OS/c1-7-4-3-5-9-10(7)11(15)14-6-8(2)16-12(14)13-9/h3-6H,1-2H3. The third-order valence-corrected chi connectivity index (χ3v) is 3.57. The first-order chi connectivity index (χ1) is 7.66. The largest absolute Gasteiger partial charge is 0.268 e. The topological polar surface area (TPSA) is 34.4 Å². The van der Waals surface area contributed by atoms with E-state index in [1.807, 2.05) is 38.2 Å². The van der Waals surface area contributed by atoms with Crippen LogP contribution in [0.4, 0.5) is 0 Å². The summed E-state index contributed by atoms with van der Waals surface area (Å²) in [5.41, 5.74) is 1.79. The van der Waals surface area contributed by atoms with Crippen LogP contribution in [-0.4, -0.2) is 9.38 Å². The molecule has 3 aromatic rings. The molecule has 4 heteroatoms. The number of hydrogen-bond acceptors (Lipinski definition) is 3. The smallest absolute Gasteiger partial charge is 0.266 e. The van der Waals surface area contributed by atoms with E-state index in [0.717, 1.165) is 26.3 Å². The average molecular weight is 230 g/mol. The molecule has 0 spiro atoms. The minimum atomic E-state index is 0.0300. The predicted molar refractivity (Wildman–Crippen MR) is 66.3 cm³/mol. The van der Waals surface area contributed by atoms with Gasteiger partial charge in [0, 0.05) is 11.1 Å². The van der Waals surface area contributed by atoms with E-state index in [1.54, 1.807) is 4.40 Å². The molecule has 0 amide bonds. The number of rotatable bonds is 0. The van der Waals surface area contributed by atoms with Crippen molar-refractivity contribution >= 4 is 27.2 Å². The van der Waals surface area contributed by atoms with E-state index in [0.29, 0.717) is 0 Å². The highest BCUT2D eigenvalue weighted by Gasteiger charge is 2.08. The molecule has 0 bridgehead atoms. The molecule has 16 heavy (non-hydrogen) atoms. The van der Waals surface area contributed by atoms with E-state index in [9.17, 15) is 4.79 Å². The third kappa shape index (κ3) is 1.20. The second-order valence-corrected chi connectivity index (χ2v) is 5.09. The van der Waals surface area contributed by atoms with Crippen molar-refractivity contribution in [3.8, 4) is 0 Å². The molecule has 0 aliphatic rings. The highest BCUT2D eigenvalue weighted by atomic mass is 32.1. The van der Waals surface area contributed by atoms with Crippen LogP contribution in [0, 0.1) is 13.8 Å². The van der Waals surface area contributed by atoms with Crippen molar-refractivity contribution in [1.29, 1.82) is 0 Å². The molecular weight excluding hydrogens is 220 g/mol. The lowest BCUT2D eigenvalue weighted by Gasteiger charge is -2.00. The summed E-state index contributed by atoms with van der Waals surface area (Å²) in [6.07, 6.45) is 1.85. The van der Waals surface area contributed by atoms with Crippen molar-refractivity contribution in [2.24, 2.45) is 0 Å². The lowest BCUT2D eigenvalue weighted by atomic mass is 10.1. The van der Waals surface area contributed by atoms with Crippen LogP contribution in [0.25, 0.3) is 15.9 Å². The van der Waals surface area contributed by atoms with Crippen LogP contribution >= 0.6 is 11.3 Å². The molecule has 0 aliphatic carbocycles. The van der Waals surface area contributed by atoms with Crippen molar-refractivity contribution in [3.63, 3.8) is 0 Å². The zero-order valence-corrected chi connectivity index (χ0v) is 9.84. The maximum absolute atomic E-state index is 12.3. The van der Waals surface area contributed by atoms with E-state index in [4.69, 9.17) is 0 Å². The summed E-state index contributed by atoms with van der Waals surface area (Å²) < 4.78 is 1.63. The number of aromatic nitrogens is 2. The summed E-state index contributed by atoms with van der Waals surface area (Å²) in [5.74, 6) is 0. The van der Waals surface area contributed by atoms with E-state index in [1.165, 1.54) is 11.3 Å². The molecular formula is C12H10N2OS. The van der Waals surface area contributed by atoms with Gasteiger partial charge in [0.25, 0.3) is 5.56 Å². The van der Waals surface area contributed by atoms with Crippen molar-refractivity contribution < 1.29 is 0 Å². The van der Waals surface area contributed by atoms with Crippen LogP contribution in [-0.2, 0) is 0 Å². The van der Waals surface area contributed by atoms with Gasteiger partial charge in [-0.1, -0.05) is 12.1 Å². The summed E-state index contributed by atoms with van der Waals surface area (Å²) in [7, 11) is 0. The average Bonchev–Trinajstić information content (AvgIpc) is 2.59. The Labute approximate surface area is 96.0 Å². The van der Waals surface area contributed by atoms with Gasteiger partial charge in [0.2, 0.25) is 0 Å². The number of thiazole rings is 1. The van der Waals surface area contributed by atoms with Gasteiger partial charge >= 0.3 is 0 Å². The first-order valence-electron chi connectivity index (χ1n) is 5.05. The fourth-order valence-corrected chi connectivity index (χ4v) is 2.75. The number of aryl methyl sites for hydroxylation is 2. The Morgan fingerprint density at radius 1 is 1.31 bits per heavy atom. The van der Waals surface area contributed by atoms with Crippen LogP contribution < -0.4 is 5.56 Å². The van der Waals surface area contributed by atoms with Gasteiger partial charge in [0.1, 0.15) is 0 Å². The molecule has 0 saturated heterocycles. The first-order valence-corrected chi connectivity index (χ1v) is 5.86. The molecule has 1 aromatic carbocycles. The first kappa shape index (κ1) is 9.54. The second kappa shape index (κ2) is 3.15. The van der Waals surface area contributed by atoms with Gasteiger partial charge in [0.05, 0.1) is 10.9 Å². The van der Waals surface area contributed by atoms with Gasteiger partial charge in [-0.05, 0) is 25.5 Å². The maximum atomic E-state index is 12.3. The van der Waals surface area contributed by atoms with Gasteiger partial charge in [0.15, 0.2) is 4.96 Å². The van der Waals surface area contributed by atoms with Gasteiger partial charge in [-0.15, -0.1) is 11.3 Å². The highest BCUT2D eigenvalue weighted by molar-refractivity contribution is 7.17. The molecule has 0 atom stereocenters. The molecule has 0 radical (unpaired) electrons. The number of fused-ring (bicyclic) bond motifs is 2. The number of hydrogen-bond donors (Lipinski definition) is 0. The molecule has 80 valence electrons. The van der Waals surface area contributed by atoms with Gasteiger partial charge in [-0.25, -0.2) is 4.98 Å². The molecule has 3 nitrogen and oxygen atoms in total. The molecule has 3 rings (SSSR count). The Kier molecular flexibility index (Phi) is 1.88. The Balaban J connectivity index is 2.66. The molecule has 0 fully saturated rings. The van der Waals surface area contributed by atoms with Gasteiger partial charge < -0.3 is 0 Å². The van der Waals surface area contributed by atoms with Crippen molar-refractivity contribution in [3.05, 3.63) is 45.2 Å². The van der Waals surface area contributed by atoms with Crippen molar-refractivity contribution in [2.75, 3.05) is 0 Å². The molecule has 0 unspecified atom stereocenters. The van der Waals surface area contributed by atoms with E-state index in [-0.39, 0.29) is 5.56 Å². The zero-order valence-electron chi connectivity index (χ0n) is 9.02. The minimum Gasteiger partial charge on any atom is -0.268 e. The second-order valence-electron chi connectivity index (χ2n) is 3.88. The van der Waals surface area contributed by atoms with E-state index in [2.05, 4.69) is 4.98 Å². The lowest BCUT2D eigenvalue weighted by Crippen LogP contribution is -2.13. The molecule has 0 N–H and O–H groups in total. The lowest BCUT2D eigenvalue weighted by molar-refractivity contribution is 1.10. The fraction of sp³-hybridized carbons (Fsp3) is 0.167. The Morgan fingerprint density at radius 2 is 2.12 bits per heavy atom. The van der Waals surface area contributed by atoms with Crippen LogP contribution in [0.3, 0.4) is 0 Å². The van der Waals surface area contributed by atoms with E-state index >= 15 is 0 Å². The van der Waals surface area contributed by atoms with Crippen LogP contribution in [0.1, 0.15) is 10.4 Å². The summed E-state index contributed by atoms with van der Waals surface area (Å²) in [6.45, 7) is 3.92. The minimum absolute atomic E-state index is 0.0300. The van der Waals surface area contributed by atoms with Crippen molar-refractivity contribution in [1.82, 2.24) is 9.38 Å². The monoisotopic (exact) mass is 230 g/mol. The number of nitrogens with zero attached hydrogens (tertiary/aromatic N) is 2. The zero-order chi connectivity index (χ0) is 11.3. The maximum Gasteiger partial charge on any atom is 0.266 e. The SMILES string of the molecule is Cc1cn2c(=O)c3c(C)cccc3nc2s1. The van der Waals surface area contributed by atoms with Crippen LogP contribution in [0.2, 0.25) is 0 Å². The molecule has 0 saturated carbocycles. The predicted octanol–water partition coefficient (Wildman–Crippen LogP) is 2.53. The fourth-order valence-electron chi connectivity index (χ4n) is 1.93. The Bertz CT molecular complexity index is 755. The Morgan fingerprint density at radius 3 is 2.94 bits per heavy atom. The summed E-state index contributed by atoms with van der Waals surface area (Å²) in [5, 5.41) is 0.720. The molecule has 2 heterocycles. The number of benzene rings is 1. The Hall–Kier alpha value is -1.68. The summed E-state index contributed by atoms with van der Waals surface area (Å²) in [4.78, 5) is 18.6. The molecule has 0 aliphatic heterocycles. The summed E-state index contributed by atoms with van der Waals surface area (Å²) >= 11 is 1.54. The van der Waals surface area contributed by atoms with E-state index < -0.39 is 0 Å². The van der Waals surface area contributed by atoms with Crippen LogP contribution in [0.15, 0.2) is 29.2 Å². The highest BCUT2D eigenvalue weighted by Crippen LogP contribution is 2.18. The van der Waals surface area contributed by atoms with Crippen molar-refractivity contribution in [2.45, 2.75) is 13.8 Å². The van der Waals surface area contributed by atoms with Gasteiger partial charge in [-0.2, -0.15) is 0 Å². The summed E-state index contributed by atoms with van der Waals surface area (Å²) in [6, 6.07) is 5.76. The molecule has 2 aromatic heterocycles. The quantitative estimate of drug-likeness (QED) is 0.594. The van der Waals surface area contributed by atoms with Crippen LogP contribution in [0.5, 0.6) is 0 Å². The van der Waals surface area contributed by atoms with Gasteiger partial charge in [-0.3, -0.25) is 9.20 Å². The normalized spacial score (nSPS) is 11.4.